The quantitative estimate of drug-likeness (QED) is 0.668. The Morgan fingerprint density at radius 3 is 2.77 bits per heavy atom. The predicted octanol–water partition coefficient (Wildman–Crippen LogP) is 4.58. The standard InChI is InChI=1S/C23H32N2O/c1-3-8-20(9-4-1)19-25-16-12-21-18-22(10-11-23(21)25)26-17-7-15-24-13-5-2-6-14-24/h3,8-11,18H,1-2,4-7,12-17,19H2. The third kappa shape index (κ3) is 4.50. The Bertz CT molecular complexity index is 658. The zero-order valence-electron chi connectivity index (χ0n) is 16.0. The number of anilines is 1. The van der Waals surface area contributed by atoms with Gasteiger partial charge in [-0.05, 0) is 81.0 Å². The average Bonchev–Trinajstić information content (AvgIpc) is 3.09. The van der Waals surface area contributed by atoms with Gasteiger partial charge in [0.15, 0.2) is 0 Å². The number of rotatable bonds is 7. The topological polar surface area (TPSA) is 15.7 Å². The smallest absolute Gasteiger partial charge is 0.119 e. The summed E-state index contributed by atoms with van der Waals surface area (Å²) in [6.45, 7) is 6.73. The Hall–Kier alpha value is -1.74. The molecule has 0 unspecified atom stereocenters. The van der Waals surface area contributed by atoms with E-state index in [2.05, 4.69) is 46.2 Å². The molecule has 1 fully saturated rings. The maximum absolute atomic E-state index is 6.04. The van der Waals surface area contributed by atoms with Crippen molar-refractivity contribution in [1.29, 1.82) is 0 Å². The van der Waals surface area contributed by atoms with Gasteiger partial charge in [-0.1, -0.05) is 24.6 Å². The lowest BCUT2D eigenvalue weighted by molar-refractivity contribution is 0.205. The van der Waals surface area contributed by atoms with Crippen LogP contribution in [0.2, 0.25) is 0 Å². The van der Waals surface area contributed by atoms with Crippen molar-refractivity contribution in [2.24, 2.45) is 0 Å². The lowest BCUT2D eigenvalue weighted by Gasteiger charge is -2.26. The SMILES string of the molecule is C1=CC(CN2CCc3cc(OCCCN4CCCCC4)ccc32)=CCC1. The molecule has 2 aliphatic heterocycles. The molecule has 140 valence electrons. The van der Waals surface area contributed by atoms with E-state index in [1.807, 2.05) is 0 Å². The Labute approximate surface area is 158 Å². The van der Waals surface area contributed by atoms with Crippen LogP contribution in [0.25, 0.3) is 0 Å². The number of benzene rings is 1. The van der Waals surface area contributed by atoms with Crippen molar-refractivity contribution in [2.45, 2.75) is 44.9 Å². The van der Waals surface area contributed by atoms with Gasteiger partial charge in [-0.25, -0.2) is 0 Å². The Morgan fingerprint density at radius 1 is 1.00 bits per heavy atom. The Balaban J connectivity index is 1.26. The van der Waals surface area contributed by atoms with E-state index in [1.54, 1.807) is 0 Å². The van der Waals surface area contributed by atoms with Crippen LogP contribution in [0.1, 0.15) is 44.1 Å². The van der Waals surface area contributed by atoms with Crippen molar-refractivity contribution in [3.63, 3.8) is 0 Å². The molecule has 0 amide bonds. The number of nitrogens with zero attached hydrogens (tertiary/aromatic N) is 2. The third-order valence-electron chi connectivity index (χ3n) is 5.82. The van der Waals surface area contributed by atoms with Crippen LogP contribution in [0.4, 0.5) is 5.69 Å². The molecule has 0 saturated carbocycles. The summed E-state index contributed by atoms with van der Waals surface area (Å²) in [4.78, 5) is 5.10. The van der Waals surface area contributed by atoms with Crippen molar-refractivity contribution in [3.05, 3.63) is 47.6 Å². The first-order chi connectivity index (χ1) is 12.9. The molecule has 2 heterocycles. The molecule has 4 rings (SSSR count). The Morgan fingerprint density at radius 2 is 1.92 bits per heavy atom. The molecule has 0 bridgehead atoms. The second kappa shape index (κ2) is 8.77. The fraction of sp³-hybridized carbons (Fsp3) is 0.565. The first-order valence-electron chi connectivity index (χ1n) is 10.5. The van der Waals surface area contributed by atoms with Gasteiger partial charge in [0.1, 0.15) is 5.75 Å². The zero-order chi connectivity index (χ0) is 17.6. The minimum Gasteiger partial charge on any atom is -0.494 e. The second-order valence-corrected chi connectivity index (χ2v) is 7.83. The molecular formula is C23H32N2O. The maximum atomic E-state index is 6.04. The maximum Gasteiger partial charge on any atom is 0.119 e. The fourth-order valence-electron chi connectivity index (χ4n) is 4.37. The molecule has 0 radical (unpaired) electrons. The van der Waals surface area contributed by atoms with Crippen LogP contribution in [0.15, 0.2) is 42.0 Å². The summed E-state index contributed by atoms with van der Waals surface area (Å²) in [6, 6.07) is 6.68. The van der Waals surface area contributed by atoms with Gasteiger partial charge in [0.05, 0.1) is 6.61 Å². The normalized spacial score (nSPS) is 20.2. The van der Waals surface area contributed by atoms with E-state index in [4.69, 9.17) is 4.74 Å². The monoisotopic (exact) mass is 352 g/mol. The highest BCUT2D eigenvalue weighted by Gasteiger charge is 2.20. The Kier molecular flexibility index (Phi) is 5.96. The molecule has 0 atom stereocenters. The van der Waals surface area contributed by atoms with Gasteiger partial charge in [-0.15, -0.1) is 0 Å². The second-order valence-electron chi connectivity index (χ2n) is 7.83. The van der Waals surface area contributed by atoms with Gasteiger partial charge in [0.25, 0.3) is 0 Å². The van der Waals surface area contributed by atoms with E-state index in [9.17, 15) is 0 Å². The van der Waals surface area contributed by atoms with E-state index in [-0.39, 0.29) is 0 Å². The summed E-state index contributed by atoms with van der Waals surface area (Å²) in [5.74, 6) is 1.04. The summed E-state index contributed by atoms with van der Waals surface area (Å²) in [6.07, 6.45) is 15.8. The van der Waals surface area contributed by atoms with Crippen molar-refractivity contribution in [3.8, 4) is 5.75 Å². The summed E-state index contributed by atoms with van der Waals surface area (Å²) in [5.41, 5.74) is 4.30. The molecule has 3 aliphatic rings. The molecule has 0 spiro atoms. The first-order valence-corrected chi connectivity index (χ1v) is 10.5. The van der Waals surface area contributed by atoms with Crippen LogP contribution in [0.3, 0.4) is 0 Å². The number of hydrogen-bond acceptors (Lipinski definition) is 3. The molecule has 0 N–H and O–H groups in total. The van der Waals surface area contributed by atoms with Crippen molar-refractivity contribution < 1.29 is 4.74 Å². The van der Waals surface area contributed by atoms with E-state index >= 15 is 0 Å². The molecular weight excluding hydrogens is 320 g/mol. The van der Waals surface area contributed by atoms with Crippen LogP contribution in [0, 0.1) is 0 Å². The molecule has 0 aromatic heterocycles. The van der Waals surface area contributed by atoms with Gasteiger partial charge < -0.3 is 14.5 Å². The minimum absolute atomic E-state index is 0.830. The molecule has 3 nitrogen and oxygen atoms in total. The summed E-state index contributed by atoms with van der Waals surface area (Å²) >= 11 is 0. The summed E-state index contributed by atoms with van der Waals surface area (Å²) in [7, 11) is 0. The average molecular weight is 353 g/mol. The van der Waals surface area contributed by atoms with Crippen LogP contribution in [-0.2, 0) is 6.42 Å². The number of ether oxygens (including phenoxy) is 1. The summed E-state index contributed by atoms with van der Waals surface area (Å²) in [5, 5.41) is 0. The predicted molar refractivity (Wildman–Crippen MR) is 109 cm³/mol. The molecule has 3 heteroatoms. The molecule has 1 saturated heterocycles. The number of hydrogen-bond donors (Lipinski definition) is 0. The van der Waals surface area contributed by atoms with Gasteiger partial charge in [-0.2, -0.15) is 0 Å². The largest absolute Gasteiger partial charge is 0.494 e. The van der Waals surface area contributed by atoms with Crippen LogP contribution < -0.4 is 9.64 Å². The number of piperidine rings is 1. The van der Waals surface area contributed by atoms with E-state index < -0.39 is 0 Å². The summed E-state index contributed by atoms with van der Waals surface area (Å²) < 4.78 is 6.04. The van der Waals surface area contributed by atoms with Gasteiger partial charge in [-0.3, -0.25) is 0 Å². The number of fused-ring (bicyclic) bond motifs is 1. The van der Waals surface area contributed by atoms with E-state index in [1.165, 1.54) is 68.6 Å². The highest BCUT2D eigenvalue weighted by atomic mass is 16.5. The van der Waals surface area contributed by atoms with Crippen LogP contribution in [0.5, 0.6) is 5.75 Å². The van der Waals surface area contributed by atoms with Crippen molar-refractivity contribution in [2.75, 3.05) is 44.2 Å². The molecule has 1 aromatic rings. The lowest BCUT2D eigenvalue weighted by Crippen LogP contribution is -2.31. The van der Waals surface area contributed by atoms with Crippen LogP contribution in [-0.4, -0.2) is 44.2 Å². The molecule has 26 heavy (non-hydrogen) atoms. The highest BCUT2D eigenvalue weighted by molar-refractivity contribution is 5.61. The number of likely N-dealkylation sites (tertiary alicyclic amines) is 1. The van der Waals surface area contributed by atoms with Crippen molar-refractivity contribution in [1.82, 2.24) is 4.90 Å². The highest BCUT2D eigenvalue weighted by Crippen LogP contribution is 2.32. The van der Waals surface area contributed by atoms with Gasteiger partial charge in [0, 0.05) is 25.3 Å². The minimum atomic E-state index is 0.830. The van der Waals surface area contributed by atoms with Gasteiger partial charge in [0.2, 0.25) is 0 Å². The lowest BCUT2D eigenvalue weighted by atomic mass is 10.1. The number of allylic oxidation sites excluding steroid dienone is 2. The molecule has 1 aromatic carbocycles. The zero-order valence-corrected chi connectivity index (χ0v) is 16.0. The molecule has 1 aliphatic carbocycles. The van der Waals surface area contributed by atoms with E-state index in [0.717, 1.165) is 38.3 Å². The first kappa shape index (κ1) is 17.7. The van der Waals surface area contributed by atoms with Crippen LogP contribution >= 0.6 is 0 Å². The van der Waals surface area contributed by atoms with Crippen molar-refractivity contribution >= 4 is 5.69 Å². The fourth-order valence-corrected chi connectivity index (χ4v) is 4.37. The van der Waals surface area contributed by atoms with E-state index in [0.29, 0.717) is 0 Å². The van der Waals surface area contributed by atoms with Gasteiger partial charge >= 0.3 is 0 Å². The third-order valence-corrected chi connectivity index (χ3v) is 5.82.